The van der Waals surface area contributed by atoms with Gasteiger partial charge in [-0.25, -0.2) is 0 Å². The summed E-state index contributed by atoms with van der Waals surface area (Å²) in [6, 6.07) is 8.77. The Hall–Kier alpha value is -2.86. The highest BCUT2D eigenvalue weighted by atomic mass is 16.3. The van der Waals surface area contributed by atoms with Gasteiger partial charge in [-0.3, -0.25) is 14.5 Å². The molecule has 6 nitrogen and oxygen atoms in total. The first-order valence-electron chi connectivity index (χ1n) is 10.1. The van der Waals surface area contributed by atoms with E-state index in [2.05, 4.69) is 10.2 Å². The third kappa shape index (κ3) is 4.12. The lowest BCUT2D eigenvalue weighted by molar-refractivity contribution is 0.0888. The van der Waals surface area contributed by atoms with E-state index in [4.69, 9.17) is 8.83 Å². The van der Waals surface area contributed by atoms with Crippen molar-refractivity contribution in [1.29, 1.82) is 0 Å². The quantitative estimate of drug-likeness (QED) is 0.709. The Balaban J connectivity index is 1.56. The second kappa shape index (κ2) is 8.25. The molecular weight excluding hydrogens is 368 g/mol. The molecule has 3 heterocycles. The van der Waals surface area contributed by atoms with Gasteiger partial charge in [0, 0.05) is 12.6 Å². The summed E-state index contributed by atoms with van der Waals surface area (Å²) in [6.45, 7) is 6.15. The molecule has 152 valence electrons. The molecule has 1 amide bonds. The van der Waals surface area contributed by atoms with Crippen molar-refractivity contribution in [3.8, 4) is 0 Å². The molecule has 6 heteroatoms. The zero-order valence-corrected chi connectivity index (χ0v) is 16.9. The zero-order valence-electron chi connectivity index (χ0n) is 16.9. The van der Waals surface area contributed by atoms with Crippen molar-refractivity contribution in [2.45, 2.75) is 39.2 Å². The molecule has 4 rings (SSSR count). The van der Waals surface area contributed by atoms with Crippen LogP contribution >= 0.6 is 0 Å². The number of benzene rings is 1. The van der Waals surface area contributed by atoms with Crippen LogP contribution in [0.15, 0.2) is 50.2 Å². The van der Waals surface area contributed by atoms with Gasteiger partial charge in [0.15, 0.2) is 11.2 Å². The maximum absolute atomic E-state index is 12.8. The number of piperidine rings is 1. The van der Waals surface area contributed by atoms with Gasteiger partial charge in [-0.1, -0.05) is 12.5 Å². The number of carbonyl (C=O) groups excluding carboxylic acids is 1. The summed E-state index contributed by atoms with van der Waals surface area (Å²) in [5, 5.41) is 3.43. The minimum absolute atomic E-state index is 0.0336. The molecule has 1 atom stereocenters. The molecule has 1 aromatic carbocycles. The number of amides is 1. The Morgan fingerprint density at radius 1 is 1.17 bits per heavy atom. The predicted octanol–water partition coefficient (Wildman–Crippen LogP) is 3.96. The van der Waals surface area contributed by atoms with E-state index < -0.39 is 5.91 Å². The molecule has 0 bridgehead atoms. The fraction of sp³-hybridized carbons (Fsp3) is 0.391. The van der Waals surface area contributed by atoms with Crippen LogP contribution in [0.3, 0.4) is 0 Å². The minimum atomic E-state index is -0.391. The number of aryl methyl sites for hydroxylation is 2. The first kappa shape index (κ1) is 19.5. The monoisotopic (exact) mass is 394 g/mol. The lowest BCUT2D eigenvalue weighted by atomic mass is 10.1. The van der Waals surface area contributed by atoms with Gasteiger partial charge < -0.3 is 14.2 Å². The number of rotatable bonds is 5. The molecule has 3 aromatic rings. The molecule has 0 spiro atoms. The van der Waals surface area contributed by atoms with Crippen molar-refractivity contribution < 1.29 is 13.6 Å². The summed E-state index contributed by atoms with van der Waals surface area (Å²) in [7, 11) is 0. The molecule has 0 radical (unpaired) electrons. The van der Waals surface area contributed by atoms with Gasteiger partial charge in [-0.2, -0.15) is 0 Å². The van der Waals surface area contributed by atoms with Crippen molar-refractivity contribution in [3.05, 3.63) is 69.5 Å². The second-order valence-electron chi connectivity index (χ2n) is 7.77. The van der Waals surface area contributed by atoms with E-state index in [0.29, 0.717) is 17.5 Å². The Kier molecular flexibility index (Phi) is 5.53. The van der Waals surface area contributed by atoms with E-state index >= 15 is 0 Å². The average molecular weight is 394 g/mol. The Bertz CT molecular complexity index is 1060. The van der Waals surface area contributed by atoms with Gasteiger partial charge >= 0.3 is 0 Å². The molecular formula is C23H26N2O4. The number of hydrogen-bond acceptors (Lipinski definition) is 5. The first-order valence-corrected chi connectivity index (χ1v) is 10.1. The summed E-state index contributed by atoms with van der Waals surface area (Å²) in [4.78, 5) is 27.6. The van der Waals surface area contributed by atoms with Crippen LogP contribution in [0.25, 0.3) is 11.0 Å². The third-order valence-electron chi connectivity index (χ3n) is 5.54. The second-order valence-corrected chi connectivity index (χ2v) is 7.77. The summed E-state index contributed by atoms with van der Waals surface area (Å²) in [5.41, 5.74) is 2.09. The molecule has 1 saturated heterocycles. The van der Waals surface area contributed by atoms with Crippen molar-refractivity contribution >= 4 is 16.9 Å². The smallest absolute Gasteiger partial charge is 0.287 e. The molecule has 1 aliphatic heterocycles. The fourth-order valence-electron chi connectivity index (χ4n) is 4.12. The van der Waals surface area contributed by atoms with E-state index in [1.165, 1.54) is 12.5 Å². The van der Waals surface area contributed by atoms with Crippen LogP contribution in [0.2, 0.25) is 0 Å². The number of nitrogens with zero attached hydrogens (tertiary/aromatic N) is 1. The van der Waals surface area contributed by atoms with E-state index in [0.717, 1.165) is 42.8 Å². The maximum Gasteiger partial charge on any atom is 0.287 e. The van der Waals surface area contributed by atoms with E-state index in [-0.39, 0.29) is 17.2 Å². The zero-order chi connectivity index (χ0) is 20.4. The number of carbonyl (C=O) groups is 1. The molecule has 0 saturated carbocycles. The molecule has 1 N–H and O–H groups in total. The van der Waals surface area contributed by atoms with Gasteiger partial charge in [0.25, 0.3) is 5.91 Å². The van der Waals surface area contributed by atoms with Crippen molar-refractivity contribution in [1.82, 2.24) is 10.2 Å². The van der Waals surface area contributed by atoms with Crippen molar-refractivity contribution in [3.63, 3.8) is 0 Å². The van der Waals surface area contributed by atoms with Crippen molar-refractivity contribution in [2.75, 3.05) is 19.6 Å². The van der Waals surface area contributed by atoms with Crippen LogP contribution in [0.4, 0.5) is 0 Å². The van der Waals surface area contributed by atoms with E-state index in [9.17, 15) is 9.59 Å². The summed E-state index contributed by atoms with van der Waals surface area (Å²) in [6.07, 6.45) is 5.17. The highest BCUT2D eigenvalue weighted by Crippen LogP contribution is 2.25. The summed E-state index contributed by atoms with van der Waals surface area (Å²) in [5.74, 6) is 0.474. The number of furan rings is 1. The van der Waals surface area contributed by atoms with Crippen molar-refractivity contribution in [2.24, 2.45) is 0 Å². The standard InChI is InChI=1S/C23H26N2O4/c1-15-11-16(2)22-17(12-15)19(26)13-21(29-22)23(27)24-14-18(20-7-6-10-28-20)25-8-4-3-5-9-25/h6-7,10-13,18H,3-5,8-9,14H2,1-2H3,(H,24,27)/t18-/m0/s1. The topological polar surface area (TPSA) is 75.7 Å². The van der Waals surface area contributed by atoms with Crippen LogP contribution < -0.4 is 10.7 Å². The van der Waals surface area contributed by atoms with Gasteiger partial charge in [-0.15, -0.1) is 0 Å². The molecule has 0 unspecified atom stereocenters. The Morgan fingerprint density at radius 3 is 2.69 bits per heavy atom. The van der Waals surface area contributed by atoms with Gasteiger partial charge in [0.2, 0.25) is 0 Å². The normalized spacial score (nSPS) is 16.1. The molecule has 1 aliphatic rings. The van der Waals surface area contributed by atoms with E-state index in [1.54, 1.807) is 12.3 Å². The molecule has 0 aliphatic carbocycles. The number of fused-ring (bicyclic) bond motifs is 1. The number of likely N-dealkylation sites (tertiary alicyclic amines) is 1. The Labute approximate surface area is 169 Å². The van der Waals surface area contributed by atoms with E-state index in [1.807, 2.05) is 32.0 Å². The number of hydrogen-bond donors (Lipinski definition) is 1. The molecule has 2 aromatic heterocycles. The third-order valence-corrected chi connectivity index (χ3v) is 5.54. The fourth-order valence-corrected chi connectivity index (χ4v) is 4.12. The average Bonchev–Trinajstić information content (AvgIpc) is 3.24. The highest BCUT2D eigenvalue weighted by Gasteiger charge is 2.25. The molecule has 29 heavy (non-hydrogen) atoms. The largest absolute Gasteiger partial charge is 0.468 e. The van der Waals surface area contributed by atoms with Crippen LogP contribution in [-0.2, 0) is 0 Å². The summed E-state index contributed by atoms with van der Waals surface area (Å²) < 4.78 is 11.4. The SMILES string of the molecule is Cc1cc(C)c2oc(C(=O)NC[C@@H](c3ccco3)N3CCCCC3)cc(=O)c2c1. The molecule has 1 fully saturated rings. The van der Waals surface area contributed by atoms with Gasteiger partial charge in [0.1, 0.15) is 11.3 Å². The highest BCUT2D eigenvalue weighted by molar-refractivity contribution is 5.93. The summed E-state index contributed by atoms with van der Waals surface area (Å²) >= 11 is 0. The maximum atomic E-state index is 12.8. The number of nitrogens with one attached hydrogen (secondary N) is 1. The first-order chi connectivity index (χ1) is 14.0. The lowest BCUT2D eigenvalue weighted by Gasteiger charge is -2.33. The predicted molar refractivity (Wildman–Crippen MR) is 111 cm³/mol. The van der Waals surface area contributed by atoms with Crippen LogP contribution in [0.1, 0.15) is 52.7 Å². The van der Waals surface area contributed by atoms with Gasteiger partial charge in [0.05, 0.1) is 17.7 Å². The lowest BCUT2D eigenvalue weighted by Crippen LogP contribution is -2.40. The Morgan fingerprint density at radius 2 is 1.97 bits per heavy atom. The van der Waals surface area contributed by atoms with Crippen LogP contribution in [0, 0.1) is 13.8 Å². The van der Waals surface area contributed by atoms with Crippen LogP contribution in [0.5, 0.6) is 0 Å². The minimum Gasteiger partial charge on any atom is -0.468 e. The van der Waals surface area contributed by atoms with Gasteiger partial charge in [-0.05, 0) is 69.1 Å². The van der Waals surface area contributed by atoms with Crippen LogP contribution in [-0.4, -0.2) is 30.4 Å².